The summed E-state index contributed by atoms with van der Waals surface area (Å²) < 4.78 is 5.78. The number of hydrogen-bond acceptors (Lipinski definition) is 3. The van der Waals surface area contributed by atoms with Gasteiger partial charge in [-0.25, -0.2) is 0 Å². The van der Waals surface area contributed by atoms with E-state index in [2.05, 4.69) is 92.8 Å². The molecule has 0 spiro atoms. The van der Waals surface area contributed by atoms with Gasteiger partial charge in [0.05, 0.1) is 0 Å². The van der Waals surface area contributed by atoms with Crippen molar-refractivity contribution in [3.05, 3.63) is 85.1 Å². The van der Waals surface area contributed by atoms with Crippen LogP contribution in [0.3, 0.4) is 0 Å². The normalized spacial score (nSPS) is 13.4. The lowest BCUT2D eigenvalue weighted by Gasteiger charge is -2.14. The lowest BCUT2D eigenvalue weighted by atomic mass is 10.1. The van der Waals surface area contributed by atoms with Crippen molar-refractivity contribution in [3.8, 4) is 0 Å². The van der Waals surface area contributed by atoms with E-state index < -0.39 is 5.97 Å². The van der Waals surface area contributed by atoms with Gasteiger partial charge in [0.25, 0.3) is 0 Å². The van der Waals surface area contributed by atoms with Crippen LogP contribution in [-0.4, -0.2) is 23.1 Å². The highest BCUT2D eigenvalue weighted by Crippen LogP contribution is 2.13. The fourth-order valence-corrected chi connectivity index (χ4v) is 3.87. The van der Waals surface area contributed by atoms with Crippen molar-refractivity contribution in [2.45, 2.75) is 129 Å². The van der Waals surface area contributed by atoms with Crippen molar-refractivity contribution >= 4 is 11.9 Å². The molecule has 0 aliphatic rings. The monoisotopic (exact) mass is 552 g/mol. The summed E-state index contributed by atoms with van der Waals surface area (Å²) in [6.07, 6.45) is 44.6. The first-order valence-electron chi connectivity index (χ1n) is 15.6. The van der Waals surface area contributed by atoms with Gasteiger partial charge >= 0.3 is 11.9 Å². The van der Waals surface area contributed by atoms with Crippen molar-refractivity contribution in [1.82, 2.24) is 0 Å². The number of carbonyl (C=O) groups is 2. The van der Waals surface area contributed by atoms with Gasteiger partial charge in [0.15, 0.2) is 0 Å². The maximum atomic E-state index is 12.5. The van der Waals surface area contributed by atoms with E-state index in [-0.39, 0.29) is 18.5 Å². The maximum absolute atomic E-state index is 12.5. The van der Waals surface area contributed by atoms with E-state index in [1.807, 2.05) is 6.08 Å². The second-order valence-electron chi connectivity index (χ2n) is 9.87. The van der Waals surface area contributed by atoms with Crippen LogP contribution < -0.4 is 0 Å². The number of rotatable bonds is 26. The zero-order chi connectivity index (χ0) is 29.4. The van der Waals surface area contributed by atoms with Gasteiger partial charge in [0.2, 0.25) is 0 Å². The number of carboxylic acid groups (broad SMARTS) is 1. The van der Waals surface area contributed by atoms with E-state index in [1.165, 1.54) is 0 Å². The minimum Gasteiger partial charge on any atom is -0.481 e. The SMILES string of the molecule is CC/C=C\C/C=C\C/C=C\C/C=C\CCCCC(=O)OC(/C=C\C/C=C\C/C=C\CC)CCCCCCC(=O)O. The van der Waals surface area contributed by atoms with Crippen molar-refractivity contribution in [3.63, 3.8) is 0 Å². The Labute approximate surface area is 245 Å². The number of ether oxygens (including phenoxy) is 1. The molecule has 40 heavy (non-hydrogen) atoms. The van der Waals surface area contributed by atoms with E-state index in [4.69, 9.17) is 9.84 Å². The molecule has 0 heterocycles. The Morgan fingerprint density at radius 2 is 1.05 bits per heavy atom. The highest BCUT2D eigenvalue weighted by Gasteiger charge is 2.11. The van der Waals surface area contributed by atoms with Crippen LogP contribution in [-0.2, 0) is 14.3 Å². The maximum Gasteiger partial charge on any atom is 0.306 e. The largest absolute Gasteiger partial charge is 0.481 e. The van der Waals surface area contributed by atoms with E-state index in [9.17, 15) is 9.59 Å². The van der Waals surface area contributed by atoms with Gasteiger partial charge < -0.3 is 9.84 Å². The third-order valence-electron chi connectivity index (χ3n) is 6.10. The van der Waals surface area contributed by atoms with Crippen molar-refractivity contribution in [2.24, 2.45) is 0 Å². The number of allylic oxidation sites excluding steroid dienone is 13. The molecule has 0 aromatic rings. The van der Waals surface area contributed by atoms with Gasteiger partial charge in [-0.1, -0.05) is 106 Å². The first-order chi connectivity index (χ1) is 19.6. The molecule has 4 nitrogen and oxygen atoms in total. The second kappa shape index (κ2) is 30.7. The molecule has 0 saturated heterocycles. The third kappa shape index (κ3) is 29.7. The molecule has 0 aromatic carbocycles. The van der Waals surface area contributed by atoms with Gasteiger partial charge in [-0.15, -0.1) is 0 Å². The average molecular weight is 553 g/mol. The van der Waals surface area contributed by atoms with Crippen molar-refractivity contribution < 1.29 is 19.4 Å². The zero-order valence-electron chi connectivity index (χ0n) is 25.4. The summed E-state index contributed by atoms with van der Waals surface area (Å²) in [7, 11) is 0. The molecule has 0 bridgehead atoms. The smallest absolute Gasteiger partial charge is 0.306 e. The van der Waals surface area contributed by atoms with Crippen molar-refractivity contribution in [2.75, 3.05) is 0 Å². The van der Waals surface area contributed by atoms with E-state index in [0.29, 0.717) is 12.8 Å². The predicted molar refractivity (Wildman–Crippen MR) is 171 cm³/mol. The summed E-state index contributed by atoms with van der Waals surface area (Å²) in [5.74, 6) is -0.874. The molecular weight excluding hydrogens is 496 g/mol. The van der Waals surface area contributed by atoms with Gasteiger partial charge in [-0.2, -0.15) is 0 Å². The van der Waals surface area contributed by atoms with Crippen LogP contribution in [0.1, 0.15) is 123 Å². The number of carbonyl (C=O) groups excluding carboxylic acids is 1. The van der Waals surface area contributed by atoms with Gasteiger partial charge in [-0.05, 0) is 89.5 Å². The van der Waals surface area contributed by atoms with E-state index in [0.717, 1.165) is 89.9 Å². The molecule has 0 amide bonds. The standard InChI is InChI=1S/C36H56O4/c1-3-5-7-9-11-13-14-15-16-17-18-19-21-23-29-33-36(39)40-34(31-27-24-25-28-32-35(37)38)30-26-22-20-12-10-8-6-4-2/h5-8,11-13,15-16,18-20,26,30,34H,3-4,9-10,14,17,21-25,27-29,31-33H2,1-2H3,(H,37,38)/b7-5-,8-6-,13-11-,16-15-,19-18-,20-12-,30-26-. The molecular formula is C36H56O4. The fraction of sp³-hybridized carbons (Fsp3) is 0.556. The Kier molecular flexibility index (Phi) is 28.5. The summed E-state index contributed by atoms with van der Waals surface area (Å²) in [5.41, 5.74) is 0. The van der Waals surface area contributed by atoms with Crippen LogP contribution in [0.5, 0.6) is 0 Å². The van der Waals surface area contributed by atoms with Gasteiger partial charge in [0, 0.05) is 12.8 Å². The molecule has 0 aromatic heterocycles. The van der Waals surface area contributed by atoms with Crippen LogP contribution >= 0.6 is 0 Å². The number of esters is 1. The topological polar surface area (TPSA) is 63.6 Å². The molecule has 0 aliphatic carbocycles. The Morgan fingerprint density at radius 1 is 0.575 bits per heavy atom. The molecule has 0 saturated carbocycles. The molecule has 0 aliphatic heterocycles. The minimum atomic E-state index is -0.741. The fourth-order valence-electron chi connectivity index (χ4n) is 3.87. The molecule has 224 valence electrons. The molecule has 1 N–H and O–H groups in total. The molecule has 1 unspecified atom stereocenters. The number of aliphatic carboxylic acids is 1. The second-order valence-corrected chi connectivity index (χ2v) is 9.87. The molecule has 0 rings (SSSR count). The first kappa shape index (κ1) is 37.1. The lowest BCUT2D eigenvalue weighted by molar-refractivity contribution is -0.147. The van der Waals surface area contributed by atoms with Crippen LogP contribution in [0, 0.1) is 0 Å². The molecule has 1 atom stereocenters. The van der Waals surface area contributed by atoms with Crippen LogP contribution in [0.4, 0.5) is 0 Å². The Hall–Kier alpha value is -2.88. The minimum absolute atomic E-state index is 0.133. The summed E-state index contributed by atoms with van der Waals surface area (Å²) in [5, 5.41) is 8.78. The number of hydrogen-bond donors (Lipinski definition) is 1. The summed E-state index contributed by atoms with van der Waals surface area (Å²) in [6, 6.07) is 0. The lowest BCUT2D eigenvalue weighted by Crippen LogP contribution is -2.16. The van der Waals surface area contributed by atoms with Gasteiger partial charge in [-0.3, -0.25) is 9.59 Å². The number of carboxylic acids is 1. The summed E-state index contributed by atoms with van der Waals surface area (Å²) in [4.78, 5) is 23.1. The highest BCUT2D eigenvalue weighted by atomic mass is 16.5. The van der Waals surface area contributed by atoms with Crippen LogP contribution in [0.15, 0.2) is 85.1 Å². The Bertz CT molecular complexity index is 811. The summed E-state index contributed by atoms with van der Waals surface area (Å²) in [6.45, 7) is 4.27. The Morgan fingerprint density at radius 3 is 1.60 bits per heavy atom. The first-order valence-corrected chi connectivity index (χ1v) is 15.6. The number of unbranched alkanes of at least 4 members (excludes halogenated alkanes) is 5. The molecule has 0 fully saturated rings. The quantitative estimate of drug-likeness (QED) is 0.0658. The molecule has 0 radical (unpaired) electrons. The van der Waals surface area contributed by atoms with Gasteiger partial charge in [0.1, 0.15) is 6.10 Å². The van der Waals surface area contributed by atoms with E-state index in [1.54, 1.807) is 0 Å². The van der Waals surface area contributed by atoms with Crippen LogP contribution in [0.2, 0.25) is 0 Å². The Balaban J connectivity index is 4.25. The average Bonchev–Trinajstić information content (AvgIpc) is 2.93. The van der Waals surface area contributed by atoms with Crippen molar-refractivity contribution in [1.29, 1.82) is 0 Å². The van der Waals surface area contributed by atoms with E-state index >= 15 is 0 Å². The van der Waals surface area contributed by atoms with Crippen LogP contribution in [0.25, 0.3) is 0 Å². The zero-order valence-corrected chi connectivity index (χ0v) is 25.4. The predicted octanol–water partition coefficient (Wildman–Crippen LogP) is 10.5. The summed E-state index contributed by atoms with van der Waals surface area (Å²) >= 11 is 0. The third-order valence-corrected chi connectivity index (χ3v) is 6.10. The highest BCUT2D eigenvalue weighted by molar-refractivity contribution is 5.69. The molecule has 4 heteroatoms.